The van der Waals surface area contributed by atoms with Crippen molar-refractivity contribution < 1.29 is 30.0 Å². The molecule has 0 saturated heterocycles. The van der Waals surface area contributed by atoms with Crippen molar-refractivity contribution in [1.29, 1.82) is 0 Å². The SMILES string of the molecule is Cc1c(O)cccc1O.O=C(O)Cc1ccc(CC(=O)O)cc1. The number of carboxylic acid groups (broad SMARTS) is 2. The fraction of sp³-hybridized carbons (Fsp3) is 0.176. The number of hydrogen-bond acceptors (Lipinski definition) is 4. The van der Waals surface area contributed by atoms with E-state index in [1.54, 1.807) is 37.3 Å². The van der Waals surface area contributed by atoms with Gasteiger partial charge in [0.05, 0.1) is 12.8 Å². The number of carboxylic acids is 2. The lowest BCUT2D eigenvalue weighted by atomic mass is 10.1. The lowest BCUT2D eigenvalue weighted by molar-refractivity contribution is -0.137. The number of carbonyl (C=O) groups is 2. The maximum atomic E-state index is 10.3. The summed E-state index contributed by atoms with van der Waals surface area (Å²) in [6, 6.07) is 11.2. The summed E-state index contributed by atoms with van der Waals surface area (Å²) in [4.78, 5) is 20.7. The van der Waals surface area contributed by atoms with E-state index < -0.39 is 11.9 Å². The van der Waals surface area contributed by atoms with E-state index in [4.69, 9.17) is 20.4 Å². The van der Waals surface area contributed by atoms with E-state index in [0.29, 0.717) is 16.7 Å². The fourth-order valence-electron chi connectivity index (χ4n) is 1.74. The largest absolute Gasteiger partial charge is 0.508 e. The van der Waals surface area contributed by atoms with Crippen molar-refractivity contribution in [3.63, 3.8) is 0 Å². The first-order valence-corrected chi connectivity index (χ1v) is 6.78. The highest BCUT2D eigenvalue weighted by atomic mass is 16.4. The zero-order chi connectivity index (χ0) is 17.4. The van der Waals surface area contributed by atoms with Crippen molar-refractivity contribution in [3.05, 3.63) is 59.2 Å². The van der Waals surface area contributed by atoms with E-state index in [0.717, 1.165) is 0 Å². The van der Waals surface area contributed by atoms with Gasteiger partial charge in [0.1, 0.15) is 11.5 Å². The minimum absolute atomic E-state index is 0.0344. The van der Waals surface area contributed by atoms with E-state index in [1.165, 1.54) is 12.1 Å². The molecule has 0 fully saturated rings. The molecule has 122 valence electrons. The third-order valence-corrected chi connectivity index (χ3v) is 3.01. The maximum Gasteiger partial charge on any atom is 0.307 e. The molecule has 0 bridgehead atoms. The summed E-state index contributed by atoms with van der Waals surface area (Å²) >= 11 is 0. The highest BCUT2D eigenvalue weighted by Gasteiger charge is 2.02. The number of phenols is 2. The quantitative estimate of drug-likeness (QED) is 0.688. The number of aromatic hydroxyl groups is 2. The van der Waals surface area contributed by atoms with Gasteiger partial charge in [-0.3, -0.25) is 9.59 Å². The second kappa shape index (κ2) is 8.43. The molecule has 2 aromatic rings. The zero-order valence-electron chi connectivity index (χ0n) is 12.6. The highest BCUT2D eigenvalue weighted by molar-refractivity contribution is 5.71. The Balaban J connectivity index is 0.000000253. The normalized spacial score (nSPS) is 9.61. The van der Waals surface area contributed by atoms with Crippen molar-refractivity contribution in [3.8, 4) is 11.5 Å². The topological polar surface area (TPSA) is 115 Å². The van der Waals surface area contributed by atoms with Crippen molar-refractivity contribution in [2.24, 2.45) is 0 Å². The van der Waals surface area contributed by atoms with Crippen LogP contribution in [-0.2, 0) is 22.4 Å². The zero-order valence-corrected chi connectivity index (χ0v) is 12.6. The number of phenolic OH excluding ortho intramolecular Hbond substituents is 2. The van der Waals surface area contributed by atoms with Crippen LogP contribution in [-0.4, -0.2) is 32.4 Å². The van der Waals surface area contributed by atoms with Gasteiger partial charge in [0.2, 0.25) is 0 Å². The molecule has 0 aliphatic carbocycles. The van der Waals surface area contributed by atoms with Gasteiger partial charge < -0.3 is 20.4 Å². The summed E-state index contributed by atoms with van der Waals surface area (Å²) in [5.74, 6) is -1.52. The summed E-state index contributed by atoms with van der Waals surface area (Å²) in [5.41, 5.74) is 1.87. The van der Waals surface area contributed by atoms with Crippen molar-refractivity contribution in [2.75, 3.05) is 0 Å². The van der Waals surface area contributed by atoms with Gasteiger partial charge in [0.25, 0.3) is 0 Å². The Morgan fingerprint density at radius 2 is 1.13 bits per heavy atom. The van der Waals surface area contributed by atoms with Crippen LogP contribution in [0, 0.1) is 6.92 Å². The minimum atomic E-state index is -0.893. The predicted molar refractivity (Wildman–Crippen MR) is 83.6 cm³/mol. The summed E-state index contributed by atoms with van der Waals surface area (Å²) in [6.07, 6.45) is -0.0687. The van der Waals surface area contributed by atoms with E-state index in [1.807, 2.05) is 0 Å². The van der Waals surface area contributed by atoms with Gasteiger partial charge >= 0.3 is 11.9 Å². The lowest BCUT2D eigenvalue weighted by Crippen LogP contribution is -2.02. The molecular formula is C17H18O6. The van der Waals surface area contributed by atoms with Gasteiger partial charge in [-0.25, -0.2) is 0 Å². The highest BCUT2D eigenvalue weighted by Crippen LogP contribution is 2.23. The molecule has 6 heteroatoms. The number of hydrogen-bond donors (Lipinski definition) is 4. The predicted octanol–water partition coefficient (Wildman–Crippen LogP) is 2.35. The molecular weight excluding hydrogens is 300 g/mol. The molecule has 0 amide bonds. The van der Waals surface area contributed by atoms with E-state index in [2.05, 4.69) is 0 Å². The van der Waals surface area contributed by atoms with E-state index in [9.17, 15) is 9.59 Å². The molecule has 2 rings (SSSR count). The van der Waals surface area contributed by atoms with Crippen molar-refractivity contribution in [2.45, 2.75) is 19.8 Å². The van der Waals surface area contributed by atoms with E-state index >= 15 is 0 Å². The van der Waals surface area contributed by atoms with Crippen LogP contribution in [0.1, 0.15) is 16.7 Å². The molecule has 0 unspecified atom stereocenters. The third-order valence-electron chi connectivity index (χ3n) is 3.01. The first kappa shape index (κ1) is 18.0. The Labute approximate surface area is 133 Å². The summed E-state index contributed by atoms with van der Waals surface area (Å²) in [5, 5.41) is 34.9. The second-order valence-corrected chi connectivity index (χ2v) is 4.88. The molecule has 0 radical (unpaired) electrons. The van der Waals surface area contributed by atoms with Crippen LogP contribution in [0.25, 0.3) is 0 Å². The fourth-order valence-corrected chi connectivity index (χ4v) is 1.74. The summed E-state index contributed by atoms with van der Waals surface area (Å²) in [7, 11) is 0. The van der Waals surface area contributed by atoms with Gasteiger partial charge in [0.15, 0.2) is 0 Å². The van der Waals surface area contributed by atoms with Crippen LogP contribution in [0.4, 0.5) is 0 Å². The van der Waals surface area contributed by atoms with Crippen LogP contribution in [0.2, 0.25) is 0 Å². The third kappa shape index (κ3) is 6.52. The molecule has 4 N–H and O–H groups in total. The van der Waals surface area contributed by atoms with Crippen LogP contribution >= 0.6 is 0 Å². The summed E-state index contributed by atoms with van der Waals surface area (Å²) < 4.78 is 0. The van der Waals surface area contributed by atoms with E-state index in [-0.39, 0.29) is 24.3 Å². The first-order valence-electron chi connectivity index (χ1n) is 6.78. The smallest absolute Gasteiger partial charge is 0.307 e. The second-order valence-electron chi connectivity index (χ2n) is 4.88. The molecule has 0 spiro atoms. The van der Waals surface area contributed by atoms with Crippen LogP contribution in [0.15, 0.2) is 42.5 Å². The standard InChI is InChI=1S/C10H10O4.C7H8O2/c11-9(12)5-7-1-2-8(4-3-7)6-10(13)14;1-5-6(8)3-2-4-7(5)9/h1-4H,5-6H2,(H,11,12)(H,13,14);2-4,8-9H,1H3. The molecule has 0 atom stereocenters. The van der Waals surface area contributed by atoms with Crippen LogP contribution in [0.3, 0.4) is 0 Å². The monoisotopic (exact) mass is 318 g/mol. The molecule has 0 aromatic heterocycles. The molecule has 0 saturated carbocycles. The molecule has 6 nitrogen and oxygen atoms in total. The van der Waals surface area contributed by atoms with Gasteiger partial charge in [-0.05, 0) is 30.2 Å². The van der Waals surface area contributed by atoms with Gasteiger partial charge in [-0.2, -0.15) is 0 Å². The number of rotatable bonds is 4. The first-order chi connectivity index (χ1) is 10.8. The van der Waals surface area contributed by atoms with Gasteiger partial charge in [-0.1, -0.05) is 30.3 Å². The Morgan fingerprint density at radius 1 is 0.783 bits per heavy atom. The van der Waals surface area contributed by atoms with Crippen LogP contribution < -0.4 is 0 Å². The molecule has 23 heavy (non-hydrogen) atoms. The van der Waals surface area contributed by atoms with Gasteiger partial charge in [0, 0.05) is 5.56 Å². The maximum absolute atomic E-state index is 10.3. The Kier molecular flexibility index (Phi) is 6.61. The van der Waals surface area contributed by atoms with Crippen molar-refractivity contribution >= 4 is 11.9 Å². The van der Waals surface area contributed by atoms with Gasteiger partial charge in [-0.15, -0.1) is 0 Å². The number of benzene rings is 2. The average molecular weight is 318 g/mol. The molecule has 2 aromatic carbocycles. The molecule has 0 aliphatic rings. The molecule has 0 aliphatic heterocycles. The Bertz CT molecular complexity index is 621. The Morgan fingerprint density at radius 3 is 1.39 bits per heavy atom. The molecule has 0 heterocycles. The minimum Gasteiger partial charge on any atom is -0.508 e. The average Bonchev–Trinajstić information content (AvgIpc) is 2.46. The van der Waals surface area contributed by atoms with Crippen LogP contribution in [0.5, 0.6) is 11.5 Å². The lowest BCUT2D eigenvalue weighted by Gasteiger charge is -1.99. The Hall–Kier alpha value is -3.02. The number of aliphatic carboxylic acids is 2. The summed E-state index contributed by atoms with van der Waals surface area (Å²) in [6.45, 7) is 1.66. The van der Waals surface area contributed by atoms with Crippen molar-refractivity contribution in [1.82, 2.24) is 0 Å².